The van der Waals surface area contributed by atoms with E-state index >= 15 is 0 Å². The molecule has 12 unspecified atom stereocenters. The summed E-state index contributed by atoms with van der Waals surface area (Å²) in [6.07, 6.45) is 38.1. The summed E-state index contributed by atoms with van der Waals surface area (Å²) in [6.45, 7) is 2.75. The second-order valence-electron chi connectivity index (χ2n) is 20.7. The van der Waals surface area contributed by atoms with Crippen molar-refractivity contribution < 1.29 is 64.6 Å². The quantitative estimate of drug-likeness (QED) is 0.0205. The van der Waals surface area contributed by atoms with Gasteiger partial charge in [0.05, 0.1) is 32.0 Å². The Morgan fingerprint density at radius 2 is 0.945 bits per heavy atom. The van der Waals surface area contributed by atoms with Crippen LogP contribution in [0.3, 0.4) is 0 Å². The lowest BCUT2D eigenvalue weighted by atomic mass is 9.97. The molecule has 0 spiro atoms. The van der Waals surface area contributed by atoms with Gasteiger partial charge in [-0.2, -0.15) is 0 Å². The fraction of sp³-hybridized carbons (Fsp3) is 0.847. The number of carbonyl (C=O) groups is 1. The summed E-state index contributed by atoms with van der Waals surface area (Å²) in [7, 11) is 0. The number of amides is 1. The van der Waals surface area contributed by atoms with Crippen LogP contribution in [0.2, 0.25) is 0 Å². The summed E-state index contributed by atoms with van der Waals surface area (Å²) in [4.78, 5) is 13.3. The van der Waals surface area contributed by atoms with E-state index in [1.807, 2.05) is 0 Å². The molecule has 14 heteroatoms. The molecule has 1 amide bonds. The van der Waals surface area contributed by atoms with Crippen LogP contribution in [0.25, 0.3) is 0 Å². The van der Waals surface area contributed by atoms with Crippen molar-refractivity contribution in [3.8, 4) is 0 Å². The molecule has 73 heavy (non-hydrogen) atoms. The Morgan fingerprint density at radius 3 is 1.45 bits per heavy atom. The van der Waals surface area contributed by atoms with Gasteiger partial charge in [-0.3, -0.25) is 4.79 Å². The van der Waals surface area contributed by atoms with E-state index in [2.05, 4.69) is 67.8 Å². The third-order valence-electron chi connectivity index (χ3n) is 14.3. The maximum atomic E-state index is 13.3. The molecule has 2 fully saturated rings. The summed E-state index contributed by atoms with van der Waals surface area (Å²) < 4.78 is 22.8. The smallest absolute Gasteiger partial charge is 0.220 e. The topological polar surface area (TPSA) is 228 Å². The van der Waals surface area contributed by atoms with E-state index in [1.54, 1.807) is 0 Å². The molecule has 14 nitrogen and oxygen atoms in total. The van der Waals surface area contributed by atoms with Crippen LogP contribution in [0.4, 0.5) is 0 Å². The molecule has 12 atom stereocenters. The highest BCUT2D eigenvalue weighted by molar-refractivity contribution is 5.76. The van der Waals surface area contributed by atoms with Crippen molar-refractivity contribution in [3.63, 3.8) is 0 Å². The zero-order valence-corrected chi connectivity index (χ0v) is 45.6. The molecule has 0 bridgehead atoms. The van der Waals surface area contributed by atoms with Gasteiger partial charge in [0.2, 0.25) is 5.91 Å². The molecule has 0 aromatic rings. The molecule has 2 aliphatic heterocycles. The first kappa shape index (κ1) is 67.1. The lowest BCUT2D eigenvalue weighted by Gasteiger charge is -2.46. The number of nitrogens with one attached hydrogen (secondary N) is 1. The number of unbranched alkanes of at least 4 members (excludes halogenated alkanes) is 25. The molecule has 0 saturated carbocycles. The van der Waals surface area contributed by atoms with Crippen LogP contribution in [0, 0.1) is 0 Å². The van der Waals surface area contributed by atoms with Crippen LogP contribution in [0.15, 0.2) is 48.6 Å². The predicted octanol–water partition coefficient (Wildman–Crippen LogP) is 9.61. The maximum absolute atomic E-state index is 13.3. The molecule has 2 heterocycles. The van der Waals surface area contributed by atoms with Crippen LogP contribution < -0.4 is 5.32 Å². The summed E-state index contributed by atoms with van der Waals surface area (Å²) in [5.74, 6) is -0.215. The highest BCUT2D eigenvalue weighted by Gasteiger charge is 2.51. The monoisotopic (exact) mass is 1040 g/mol. The number of aliphatic hydroxyl groups excluding tert-OH is 8. The first-order valence-corrected chi connectivity index (χ1v) is 29.4. The Hall–Kier alpha value is -2.05. The fourth-order valence-electron chi connectivity index (χ4n) is 9.58. The van der Waals surface area contributed by atoms with Crippen molar-refractivity contribution in [2.45, 2.75) is 299 Å². The molecule has 0 radical (unpaired) electrons. The fourth-order valence-corrected chi connectivity index (χ4v) is 9.58. The Balaban J connectivity index is 1.77. The summed E-state index contributed by atoms with van der Waals surface area (Å²) in [6, 6.07) is -0.835. The number of aliphatic hydroxyl groups is 8. The Labute approximate surface area is 442 Å². The predicted molar refractivity (Wildman–Crippen MR) is 291 cm³/mol. The number of rotatable bonds is 46. The molecule has 0 aromatic carbocycles. The van der Waals surface area contributed by atoms with Crippen LogP contribution >= 0.6 is 0 Å². The Morgan fingerprint density at radius 1 is 0.507 bits per heavy atom. The maximum Gasteiger partial charge on any atom is 0.220 e. The first-order chi connectivity index (χ1) is 35.6. The molecule has 2 aliphatic rings. The second-order valence-corrected chi connectivity index (χ2v) is 20.7. The van der Waals surface area contributed by atoms with Gasteiger partial charge in [-0.1, -0.05) is 217 Å². The lowest BCUT2D eigenvalue weighted by Crippen LogP contribution is -2.65. The molecule has 426 valence electrons. The molecule has 2 rings (SSSR count). The number of hydrogen-bond acceptors (Lipinski definition) is 13. The van der Waals surface area contributed by atoms with Gasteiger partial charge in [-0.25, -0.2) is 0 Å². The molecular weight excluding hydrogens is 931 g/mol. The van der Waals surface area contributed by atoms with E-state index in [9.17, 15) is 45.6 Å². The SMILES string of the molecule is CC/C=C\C/C=C\C/C=C\C/C=C\CCCCCCCCCCC(=O)NC(COC1OC(CO)C(OC2OC(CO)C(O)C(O)C2O)C(O)C1O)C(O)CCCCCCCCCCCCCCCCCCCC. The summed E-state index contributed by atoms with van der Waals surface area (Å²) in [5.41, 5.74) is 0. The number of allylic oxidation sites excluding steroid dienone is 8. The second kappa shape index (κ2) is 45.0. The Kier molecular flexibility index (Phi) is 41.4. The third-order valence-corrected chi connectivity index (χ3v) is 14.3. The Bertz CT molecular complexity index is 1410. The number of carbonyl (C=O) groups excluding carboxylic acids is 1. The minimum atomic E-state index is -1.78. The van der Waals surface area contributed by atoms with Crippen LogP contribution in [-0.4, -0.2) is 140 Å². The molecule has 0 aromatic heterocycles. The van der Waals surface area contributed by atoms with Gasteiger partial charge in [0.15, 0.2) is 12.6 Å². The average molecular weight is 1040 g/mol. The van der Waals surface area contributed by atoms with Gasteiger partial charge in [0.25, 0.3) is 0 Å². The van der Waals surface area contributed by atoms with Crippen molar-refractivity contribution >= 4 is 5.91 Å². The van der Waals surface area contributed by atoms with Gasteiger partial charge < -0.3 is 65.1 Å². The van der Waals surface area contributed by atoms with Crippen LogP contribution in [-0.2, 0) is 23.7 Å². The lowest BCUT2D eigenvalue weighted by molar-refractivity contribution is -0.359. The average Bonchev–Trinajstić information content (AvgIpc) is 3.39. The molecule has 9 N–H and O–H groups in total. The largest absolute Gasteiger partial charge is 0.394 e. The van der Waals surface area contributed by atoms with Gasteiger partial charge in [0.1, 0.15) is 48.8 Å². The zero-order valence-electron chi connectivity index (χ0n) is 45.6. The van der Waals surface area contributed by atoms with Gasteiger partial charge >= 0.3 is 0 Å². The van der Waals surface area contributed by atoms with Crippen molar-refractivity contribution in [2.75, 3.05) is 19.8 Å². The zero-order chi connectivity index (χ0) is 53.2. The normalized spacial score (nSPS) is 25.7. The van der Waals surface area contributed by atoms with Crippen molar-refractivity contribution in [3.05, 3.63) is 48.6 Å². The van der Waals surface area contributed by atoms with Crippen molar-refractivity contribution in [1.82, 2.24) is 5.32 Å². The van der Waals surface area contributed by atoms with E-state index in [0.717, 1.165) is 77.0 Å². The molecule has 2 saturated heterocycles. The summed E-state index contributed by atoms with van der Waals surface area (Å²) in [5, 5.41) is 87.2. The minimum absolute atomic E-state index is 0.215. The molecular formula is C59H107NO13. The van der Waals surface area contributed by atoms with Gasteiger partial charge in [0, 0.05) is 6.42 Å². The number of ether oxygens (including phenoxy) is 4. The van der Waals surface area contributed by atoms with Gasteiger partial charge in [-0.15, -0.1) is 0 Å². The highest BCUT2D eigenvalue weighted by Crippen LogP contribution is 2.30. The van der Waals surface area contributed by atoms with Gasteiger partial charge in [-0.05, 0) is 51.4 Å². The van der Waals surface area contributed by atoms with E-state index < -0.39 is 86.8 Å². The number of hydrogen-bond donors (Lipinski definition) is 9. The van der Waals surface area contributed by atoms with Crippen LogP contribution in [0.1, 0.15) is 226 Å². The van der Waals surface area contributed by atoms with Crippen LogP contribution in [0.5, 0.6) is 0 Å². The van der Waals surface area contributed by atoms with E-state index in [-0.39, 0.29) is 12.5 Å². The highest BCUT2D eigenvalue weighted by atomic mass is 16.7. The minimum Gasteiger partial charge on any atom is -0.394 e. The first-order valence-electron chi connectivity index (χ1n) is 29.4. The van der Waals surface area contributed by atoms with E-state index in [0.29, 0.717) is 19.3 Å². The summed E-state index contributed by atoms with van der Waals surface area (Å²) >= 11 is 0. The van der Waals surface area contributed by atoms with E-state index in [1.165, 1.54) is 116 Å². The standard InChI is InChI=1S/C59H107NO13/c1-3-5-7-9-11-13-15-17-19-21-23-24-25-27-29-31-33-35-37-39-41-43-51(64)60-47(48(63)42-40-38-36-34-32-30-28-26-22-20-18-16-14-12-10-8-6-4-2)46-70-58-56(69)54(67)57(50(45-62)72-58)73-59-55(68)53(66)52(65)49(44-61)71-59/h5,7,11,13,17,19,23-24,47-50,52-59,61-63,65-69H,3-4,6,8-10,12,14-16,18,20-22,25-46H2,1-2H3,(H,60,64)/b7-5-,13-11-,19-17-,24-23-. The van der Waals surface area contributed by atoms with E-state index in [4.69, 9.17) is 18.9 Å². The van der Waals surface area contributed by atoms with Crippen molar-refractivity contribution in [1.29, 1.82) is 0 Å². The molecule has 0 aliphatic carbocycles. The third kappa shape index (κ3) is 31.1. The van der Waals surface area contributed by atoms with Crippen molar-refractivity contribution in [2.24, 2.45) is 0 Å².